The van der Waals surface area contributed by atoms with Crippen molar-refractivity contribution in [1.82, 2.24) is 4.90 Å². The van der Waals surface area contributed by atoms with E-state index in [1.807, 2.05) is 0 Å². The third kappa shape index (κ3) is 9.11. The van der Waals surface area contributed by atoms with Crippen LogP contribution in [0.15, 0.2) is 0 Å². The van der Waals surface area contributed by atoms with E-state index in [-0.39, 0.29) is 14.1 Å². The van der Waals surface area contributed by atoms with Crippen molar-refractivity contribution in [3.8, 4) is 0 Å². The van der Waals surface area contributed by atoms with Gasteiger partial charge in [0.2, 0.25) is 0 Å². The third-order valence-electron chi connectivity index (χ3n) is 4.72. The van der Waals surface area contributed by atoms with Crippen molar-refractivity contribution in [3.63, 3.8) is 0 Å². The van der Waals surface area contributed by atoms with Crippen LogP contribution in [0.2, 0.25) is 15.8 Å². The Morgan fingerprint density at radius 1 is 0.737 bits per heavy atom. The van der Waals surface area contributed by atoms with Crippen molar-refractivity contribution < 1.29 is 0 Å². The Labute approximate surface area is 126 Å². The quantitative estimate of drug-likeness (QED) is 0.364. The predicted octanol–water partition coefficient (Wildman–Crippen LogP) is 5.35. The Kier molecular flexibility index (Phi) is 11.3. The van der Waals surface area contributed by atoms with E-state index in [1.54, 1.807) is 28.7 Å². The molecule has 112 valence electrons. The molecule has 0 radical (unpaired) electrons. The molecule has 1 aliphatic rings. The van der Waals surface area contributed by atoms with E-state index in [9.17, 15) is 0 Å². The van der Waals surface area contributed by atoms with Crippen molar-refractivity contribution in [2.45, 2.75) is 87.5 Å². The van der Waals surface area contributed by atoms with Gasteiger partial charge < -0.3 is 4.90 Å². The maximum atomic E-state index is 2.73. The molecule has 1 fully saturated rings. The summed E-state index contributed by atoms with van der Waals surface area (Å²) in [4.78, 5) is 2.73. The summed E-state index contributed by atoms with van der Waals surface area (Å²) < 4.78 is 0. The Morgan fingerprint density at radius 2 is 1.32 bits per heavy atom. The Bertz CT molecular complexity index is 182. The van der Waals surface area contributed by atoms with Crippen LogP contribution < -0.4 is 0 Å². The fraction of sp³-hybridized carbons (Fsp3) is 1.00. The van der Waals surface area contributed by atoms with Crippen LogP contribution in [0.4, 0.5) is 0 Å². The monoisotopic (exact) mass is 281 g/mol. The van der Waals surface area contributed by atoms with Gasteiger partial charge in [0.05, 0.1) is 0 Å². The van der Waals surface area contributed by atoms with E-state index < -0.39 is 0 Å². The highest BCUT2D eigenvalue weighted by Crippen LogP contribution is 2.22. The normalized spacial score (nSPS) is 16.3. The van der Waals surface area contributed by atoms with Crippen LogP contribution in [-0.4, -0.2) is 38.7 Å². The molecule has 1 heterocycles. The highest BCUT2D eigenvalue weighted by Gasteiger charge is 2.19. The first-order chi connectivity index (χ1) is 9.36. The summed E-state index contributed by atoms with van der Waals surface area (Å²) in [6.07, 6.45) is 13.1. The third-order valence-corrected chi connectivity index (χ3v) is 8.39. The Morgan fingerprint density at radius 3 is 1.89 bits per heavy atom. The second-order valence-corrected chi connectivity index (χ2v) is 10.0. The molecule has 0 aromatic rings. The standard InChI is InChI=1S/C12H26N.C5H10.Al/c1-4-7-10-13(11-8-5-2)12-9-6-3;1-3-5-4-2;/h1,4-12H2,2-3H3;1-5H2;. The molecule has 0 bridgehead atoms. The van der Waals surface area contributed by atoms with Crippen LogP contribution in [0.1, 0.15) is 71.6 Å². The Balaban J connectivity index is 2.04. The molecule has 0 aromatic carbocycles. The van der Waals surface area contributed by atoms with Gasteiger partial charge in [-0.25, -0.2) is 0 Å². The fourth-order valence-electron chi connectivity index (χ4n) is 3.34. The average Bonchev–Trinajstić information content (AvgIpc) is 2.46. The van der Waals surface area contributed by atoms with Crippen molar-refractivity contribution in [2.75, 3.05) is 19.6 Å². The number of unbranched alkanes of at least 4 members (excludes halogenated alkanes) is 3. The van der Waals surface area contributed by atoms with Gasteiger partial charge in [0.1, 0.15) is 0 Å². The molecule has 1 nitrogen and oxygen atoms in total. The first kappa shape index (κ1) is 17.5. The molecule has 0 N–H and O–H groups in total. The van der Waals surface area contributed by atoms with Gasteiger partial charge in [0, 0.05) is 0 Å². The Hall–Kier alpha value is 0.492. The molecule has 0 aliphatic carbocycles. The number of hydrogen-bond acceptors (Lipinski definition) is 1. The van der Waals surface area contributed by atoms with E-state index in [2.05, 4.69) is 18.7 Å². The van der Waals surface area contributed by atoms with Crippen molar-refractivity contribution in [1.29, 1.82) is 0 Å². The largest absolute Gasteiger partial charge is 0.303 e. The van der Waals surface area contributed by atoms with Crippen LogP contribution in [-0.2, 0) is 0 Å². The molecule has 0 aromatic heterocycles. The summed E-state index contributed by atoms with van der Waals surface area (Å²) >= 11 is -0.252. The summed E-state index contributed by atoms with van der Waals surface area (Å²) in [5.74, 6) is 0. The van der Waals surface area contributed by atoms with E-state index >= 15 is 0 Å². The lowest BCUT2D eigenvalue weighted by molar-refractivity contribution is 0.261. The maximum Gasteiger partial charge on any atom is 0.261 e. The minimum atomic E-state index is -0.252. The minimum Gasteiger partial charge on any atom is -0.303 e. The van der Waals surface area contributed by atoms with Gasteiger partial charge in [-0.05, 0) is 38.9 Å². The molecule has 1 rings (SSSR count). The van der Waals surface area contributed by atoms with E-state index in [1.165, 1.54) is 64.6 Å². The first-order valence-electron chi connectivity index (χ1n) is 9.09. The molecule has 2 heteroatoms. The molecule has 19 heavy (non-hydrogen) atoms. The number of hydrogen-bond donors (Lipinski definition) is 0. The van der Waals surface area contributed by atoms with Gasteiger partial charge in [-0.15, -0.1) is 0 Å². The molecule has 1 aliphatic heterocycles. The summed E-state index contributed by atoms with van der Waals surface area (Å²) in [6.45, 7) is 8.69. The predicted molar refractivity (Wildman–Crippen MR) is 89.5 cm³/mol. The molecule has 0 amide bonds. The van der Waals surface area contributed by atoms with Crippen LogP contribution >= 0.6 is 0 Å². The lowest BCUT2D eigenvalue weighted by Crippen LogP contribution is -2.27. The zero-order valence-electron chi connectivity index (χ0n) is 13.6. The van der Waals surface area contributed by atoms with Gasteiger partial charge in [-0.1, -0.05) is 68.2 Å². The number of nitrogens with zero attached hydrogens (tertiary/aromatic N) is 1. The van der Waals surface area contributed by atoms with Gasteiger partial charge in [-0.2, -0.15) is 0 Å². The van der Waals surface area contributed by atoms with Crippen LogP contribution in [0, 0.1) is 0 Å². The van der Waals surface area contributed by atoms with Gasteiger partial charge >= 0.3 is 0 Å². The van der Waals surface area contributed by atoms with Crippen LogP contribution in [0.3, 0.4) is 0 Å². The van der Waals surface area contributed by atoms with E-state index in [4.69, 9.17) is 0 Å². The molecule has 0 unspecified atom stereocenters. The summed E-state index contributed by atoms with van der Waals surface area (Å²) in [5, 5.41) is 4.97. The van der Waals surface area contributed by atoms with E-state index in [0.717, 1.165) is 0 Å². The van der Waals surface area contributed by atoms with Crippen LogP contribution in [0.5, 0.6) is 0 Å². The maximum absolute atomic E-state index is 2.73. The molecule has 0 spiro atoms. The summed E-state index contributed by atoms with van der Waals surface area (Å²) in [5.41, 5.74) is 0. The first-order valence-corrected chi connectivity index (χ1v) is 11.5. The highest BCUT2D eigenvalue weighted by atomic mass is 27.2. The molecule has 1 saturated heterocycles. The molecular formula is C17H36AlN. The smallest absolute Gasteiger partial charge is 0.261 e. The van der Waals surface area contributed by atoms with Crippen molar-refractivity contribution in [2.24, 2.45) is 0 Å². The number of rotatable bonds is 11. The minimum absolute atomic E-state index is 0.252. The zero-order valence-corrected chi connectivity index (χ0v) is 14.8. The van der Waals surface area contributed by atoms with Crippen molar-refractivity contribution in [3.05, 3.63) is 0 Å². The second kappa shape index (κ2) is 12.2. The van der Waals surface area contributed by atoms with E-state index in [0.29, 0.717) is 0 Å². The zero-order chi connectivity index (χ0) is 13.8. The van der Waals surface area contributed by atoms with Gasteiger partial charge in [0.25, 0.3) is 14.1 Å². The van der Waals surface area contributed by atoms with Gasteiger partial charge in [0.15, 0.2) is 0 Å². The topological polar surface area (TPSA) is 3.24 Å². The van der Waals surface area contributed by atoms with Gasteiger partial charge in [-0.3, -0.25) is 0 Å². The second-order valence-electron chi connectivity index (χ2n) is 6.55. The molecular weight excluding hydrogens is 245 g/mol. The lowest BCUT2D eigenvalue weighted by atomic mass is 10.2. The van der Waals surface area contributed by atoms with Crippen molar-refractivity contribution >= 4 is 14.1 Å². The fourth-order valence-corrected chi connectivity index (χ4v) is 6.81. The lowest BCUT2D eigenvalue weighted by Gasteiger charge is -2.22. The summed E-state index contributed by atoms with van der Waals surface area (Å²) in [7, 11) is 0. The summed E-state index contributed by atoms with van der Waals surface area (Å²) in [6, 6.07) is 0. The molecule has 0 atom stereocenters. The molecule has 0 saturated carbocycles. The SMILES string of the molecule is CCCCN(CCCC)CCC[CH2][Al]1[CH2]CCC[CH2]1. The average molecular weight is 281 g/mol. The highest BCUT2D eigenvalue weighted by molar-refractivity contribution is 6.58. The van der Waals surface area contributed by atoms with Crippen LogP contribution in [0.25, 0.3) is 0 Å².